The summed E-state index contributed by atoms with van der Waals surface area (Å²) in [5.41, 5.74) is 4.30. The molecular weight excluding hydrogens is 394 g/mol. The standard InChI is InChI=1S/C22H37N7O2/c1-5-10-28-12-7-22(16-23,8-13-28)27-19(31)17(15-21(2,3)4)26-20-25-9-14-29(20)11-6-18(24)30/h9,14,17H,5-8,10-13,15H2,1-4H3,(H2,24,30)(H,25,26)(H,27,31). The van der Waals surface area contributed by atoms with E-state index < -0.39 is 17.5 Å². The molecule has 1 aromatic heterocycles. The van der Waals surface area contributed by atoms with Gasteiger partial charge in [-0.2, -0.15) is 5.26 Å². The maximum Gasteiger partial charge on any atom is 0.243 e. The number of rotatable bonds is 10. The van der Waals surface area contributed by atoms with E-state index in [0.717, 1.165) is 26.1 Å². The van der Waals surface area contributed by atoms with Crippen LogP contribution in [0.3, 0.4) is 0 Å². The monoisotopic (exact) mass is 431 g/mol. The summed E-state index contributed by atoms with van der Waals surface area (Å²) in [6.07, 6.45) is 6.42. The number of nitriles is 1. The van der Waals surface area contributed by atoms with Crippen LogP contribution in [-0.2, 0) is 16.1 Å². The van der Waals surface area contributed by atoms with Crippen LogP contribution in [0.2, 0.25) is 0 Å². The maximum absolute atomic E-state index is 13.3. The fourth-order valence-electron chi connectivity index (χ4n) is 3.90. The molecule has 1 saturated heterocycles. The van der Waals surface area contributed by atoms with Gasteiger partial charge >= 0.3 is 0 Å². The van der Waals surface area contributed by atoms with Crippen molar-refractivity contribution in [3.63, 3.8) is 0 Å². The van der Waals surface area contributed by atoms with Crippen LogP contribution in [0.5, 0.6) is 0 Å². The zero-order chi connectivity index (χ0) is 23.1. The summed E-state index contributed by atoms with van der Waals surface area (Å²) in [7, 11) is 0. The van der Waals surface area contributed by atoms with E-state index in [4.69, 9.17) is 5.73 Å². The van der Waals surface area contributed by atoms with Crippen molar-refractivity contribution in [3.05, 3.63) is 12.4 Å². The first-order chi connectivity index (χ1) is 14.6. The predicted molar refractivity (Wildman–Crippen MR) is 120 cm³/mol. The van der Waals surface area contributed by atoms with Crippen LogP contribution in [0, 0.1) is 16.7 Å². The van der Waals surface area contributed by atoms with Crippen molar-refractivity contribution in [3.8, 4) is 6.07 Å². The zero-order valence-corrected chi connectivity index (χ0v) is 19.3. The number of aromatic nitrogens is 2. The number of amides is 2. The Bertz CT molecular complexity index is 783. The number of nitrogens with two attached hydrogens (primary N) is 1. The van der Waals surface area contributed by atoms with Crippen LogP contribution in [0.25, 0.3) is 0 Å². The molecule has 1 aliphatic rings. The Labute approximate surface area is 185 Å². The molecule has 0 saturated carbocycles. The van der Waals surface area contributed by atoms with Crippen LogP contribution < -0.4 is 16.4 Å². The summed E-state index contributed by atoms with van der Waals surface area (Å²) >= 11 is 0. The number of imidazole rings is 1. The molecule has 1 atom stereocenters. The third-order valence-corrected chi connectivity index (χ3v) is 5.58. The van der Waals surface area contributed by atoms with Gasteiger partial charge in [-0.1, -0.05) is 27.7 Å². The third-order valence-electron chi connectivity index (χ3n) is 5.58. The number of nitrogens with zero attached hydrogens (tertiary/aromatic N) is 4. The zero-order valence-electron chi connectivity index (χ0n) is 19.3. The van der Waals surface area contributed by atoms with E-state index in [9.17, 15) is 14.9 Å². The molecule has 0 bridgehead atoms. The summed E-state index contributed by atoms with van der Waals surface area (Å²) in [6.45, 7) is 11.3. The van der Waals surface area contributed by atoms with Crippen LogP contribution >= 0.6 is 0 Å². The molecule has 1 fully saturated rings. The number of likely N-dealkylation sites (tertiary alicyclic amines) is 1. The van der Waals surface area contributed by atoms with Crippen LogP contribution in [0.1, 0.15) is 59.8 Å². The first-order valence-electron chi connectivity index (χ1n) is 11.1. The Morgan fingerprint density at radius 1 is 1.32 bits per heavy atom. The van der Waals surface area contributed by atoms with E-state index in [1.165, 1.54) is 0 Å². The average molecular weight is 432 g/mol. The highest BCUT2D eigenvalue weighted by atomic mass is 16.2. The van der Waals surface area contributed by atoms with Gasteiger partial charge in [0.1, 0.15) is 11.6 Å². The summed E-state index contributed by atoms with van der Waals surface area (Å²) < 4.78 is 1.77. The van der Waals surface area contributed by atoms with E-state index in [2.05, 4.69) is 54.3 Å². The summed E-state index contributed by atoms with van der Waals surface area (Å²) in [5.74, 6) is -0.0895. The number of primary amides is 1. The predicted octanol–water partition coefficient (Wildman–Crippen LogP) is 1.86. The Balaban J connectivity index is 2.13. The number of hydrogen-bond donors (Lipinski definition) is 3. The van der Waals surface area contributed by atoms with E-state index in [1.54, 1.807) is 17.0 Å². The van der Waals surface area contributed by atoms with Gasteiger partial charge in [0.15, 0.2) is 0 Å². The lowest BCUT2D eigenvalue weighted by molar-refractivity contribution is -0.124. The second-order valence-corrected chi connectivity index (χ2v) is 9.65. The minimum Gasteiger partial charge on any atom is -0.370 e. The lowest BCUT2D eigenvalue weighted by atomic mass is 9.85. The fourth-order valence-corrected chi connectivity index (χ4v) is 3.90. The molecule has 1 aliphatic heterocycles. The van der Waals surface area contributed by atoms with Gasteiger partial charge in [-0.05, 0) is 37.6 Å². The molecule has 0 aromatic carbocycles. The molecule has 172 valence electrons. The van der Waals surface area contributed by atoms with Gasteiger partial charge in [-0.15, -0.1) is 0 Å². The highest BCUT2D eigenvalue weighted by molar-refractivity contribution is 5.85. The Kier molecular flexibility index (Phi) is 8.45. The van der Waals surface area contributed by atoms with Crippen molar-refractivity contribution < 1.29 is 9.59 Å². The topological polar surface area (TPSA) is 129 Å². The Morgan fingerprint density at radius 2 is 2.00 bits per heavy atom. The quantitative estimate of drug-likeness (QED) is 0.518. The van der Waals surface area contributed by atoms with Gasteiger partial charge in [0.25, 0.3) is 0 Å². The van der Waals surface area contributed by atoms with Gasteiger partial charge in [-0.25, -0.2) is 4.98 Å². The van der Waals surface area contributed by atoms with Crippen LogP contribution in [0.15, 0.2) is 12.4 Å². The van der Waals surface area contributed by atoms with Gasteiger partial charge in [0.2, 0.25) is 17.8 Å². The molecule has 9 nitrogen and oxygen atoms in total. The normalized spacial score (nSPS) is 17.5. The Hall–Kier alpha value is -2.60. The molecule has 0 aliphatic carbocycles. The van der Waals surface area contributed by atoms with E-state index in [1.807, 2.05) is 0 Å². The van der Waals surface area contributed by atoms with Crippen molar-refractivity contribution in [2.75, 3.05) is 25.0 Å². The first-order valence-corrected chi connectivity index (χ1v) is 11.1. The number of carbonyl (C=O) groups excluding carboxylic acids is 2. The highest BCUT2D eigenvalue weighted by Gasteiger charge is 2.38. The molecule has 1 unspecified atom stereocenters. The lowest BCUT2D eigenvalue weighted by Gasteiger charge is -2.38. The second-order valence-electron chi connectivity index (χ2n) is 9.65. The van der Waals surface area contributed by atoms with Crippen molar-refractivity contribution in [1.29, 1.82) is 5.26 Å². The molecule has 9 heteroatoms. The van der Waals surface area contributed by atoms with E-state index in [0.29, 0.717) is 31.8 Å². The molecule has 1 aromatic rings. The number of carbonyl (C=O) groups is 2. The molecule has 0 spiro atoms. The summed E-state index contributed by atoms with van der Waals surface area (Å²) in [6, 6.07) is 1.81. The fraction of sp³-hybridized carbons (Fsp3) is 0.727. The average Bonchev–Trinajstić information content (AvgIpc) is 3.13. The van der Waals surface area contributed by atoms with Crippen molar-refractivity contribution >= 4 is 17.8 Å². The number of piperidine rings is 1. The number of hydrogen-bond acceptors (Lipinski definition) is 6. The molecule has 2 heterocycles. The minimum atomic E-state index is -0.847. The van der Waals surface area contributed by atoms with Crippen LogP contribution in [-0.4, -0.2) is 57.5 Å². The van der Waals surface area contributed by atoms with Crippen molar-refractivity contribution in [2.24, 2.45) is 11.1 Å². The molecule has 2 amide bonds. The third kappa shape index (κ3) is 7.55. The molecule has 2 rings (SSSR count). The molecule has 0 radical (unpaired) electrons. The molecular formula is C22H37N7O2. The van der Waals surface area contributed by atoms with Crippen molar-refractivity contribution in [1.82, 2.24) is 19.8 Å². The number of anilines is 1. The van der Waals surface area contributed by atoms with Crippen molar-refractivity contribution in [2.45, 2.75) is 77.9 Å². The van der Waals surface area contributed by atoms with Crippen LogP contribution in [0.4, 0.5) is 5.95 Å². The summed E-state index contributed by atoms with van der Waals surface area (Å²) in [4.78, 5) is 31.1. The smallest absolute Gasteiger partial charge is 0.243 e. The van der Waals surface area contributed by atoms with Gasteiger partial charge in [-0.3, -0.25) is 9.59 Å². The summed E-state index contributed by atoms with van der Waals surface area (Å²) in [5, 5.41) is 16.2. The first kappa shape index (κ1) is 24.7. The highest BCUT2D eigenvalue weighted by Crippen LogP contribution is 2.26. The molecule has 31 heavy (non-hydrogen) atoms. The number of nitrogens with one attached hydrogen (secondary N) is 2. The van der Waals surface area contributed by atoms with E-state index >= 15 is 0 Å². The lowest BCUT2D eigenvalue weighted by Crippen LogP contribution is -2.57. The maximum atomic E-state index is 13.3. The van der Waals surface area contributed by atoms with E-state index in [-0.39, 0.29) is 17.7 Å². The van der Waals surface area contributed by atoms with Gasteiger partial charge < -0.3 is 25.8 Å². The largest absolute Gasteiger partial charge is 0.370 e. The second kappa shape index (κ2) is 10.6. The van der Waals surface area contributed by atoms with Gasteiger partial charge in [0, 0.05) is 38.4 Å². The van der Waals surface area contributed by atoms with Gasteiger partial charge in [0.05, 0.1) is 6.07 Å². The number of aryl methyl sites for hydroxylation is 1. The SMILES string of the molecule is CCCN1CCC(C#N)(NC(=O)C(CC(C)(C)C)Nc2nccn2CCC(N)=O)CC1. The Morgan fingerprint density at radius 3 is 2.55 bits per heavy atom. The molecule has 4 N–H and O–H groups in total. The minimum absolute atomic E-state index is 0.121.